The van der Waals surface area contributed by atoms with Gasteiger partial charge in [0.05, 0.1) is 6.54 Å². The first kappa shape index (κ1) is 10.4. The van der Waals surface area contributed by atoms with E-state index in [9.17, 15) is 0 Å². The van der Waals surface area contributed by atoms with E-state index in [-0.39, 0.29) is 0 Å². The number of nitrogen functional groups attached to an aromatic ring is 1. The Kier molecular flexibility index (Phi) is 3.62. The highest BCUT2D eigenvalue weighted by Crippen LogP contribution is 2.15. The van der Waals surface area contributed by atoms with E-state index in [0.717, 1.165) is 23.9 Å². The molecule has 4 nitrogen and oxygen atoms in total. The zero-order valence-electron chi connectivity index (χ0n) is 8.32. The fraction of sp³-hybridized carbons (Fsp3) is 0.625. The molecule has 0 aliphatic heterocycles. The van der Waals surface area contributed by atoms with E-state index in [1.165, 1.54) is 0 Å². The maximum Gasteiger partial charge on any atom is 0.122 e. The summed E-state index contributed by atoms with van der Waals surface area (Å²) in [4.78, 5) is 2.11. The lowest BCUT2D eigenvalue weighted by molar-refractivity contribution is 0.373. The maximum absolute atomic E-state index is 5.77. The Morgan fingerprint density at radius 2 is 2.31 bits per heavy atom. The third-order valence-corrected chi connectivity index (χ3v) is 2.37. The summed E-state index contributed by atoms with van der Waals surface area (Å²) in [6.07, 6.45) is 2.00. The molecule has 1 heterocycles. The molecule has 2 N–H and O–H groups in total. The van der Waals surface area contributed by atoms with Gasteiger partial charge in [-0.05, 0) is 20.4 Å². The topological polar surface area (TPSA) is 47.1 Å². The van der Waals surface area contributed by atoms with Gasteiger partial charge in [-0.15, -0.1) is 11.8 Å². The van der Waals surface area contributed by atoms with Crippen molar-refractivity contribution in [2.24, 2.45) is 0 Å². The van der Waals surface area contributed by atoms with Gasteiger partial charge in [-0.2, -0.15) is 5.10 Å². The lowest BCUT2D eigenvalue weighted by atomic mass is 10.5. The third-order valence-electron chi connectivity index (χ3n) is 1.76. The molecule has 0 saturated carbocycles. The minimum atomic E-state index is 0.742. The Morgan fingerprint density at radius 3 is 2.77 bits per heavy atom. The predicted octanol–water partition coefficient (Wildman–Crippen LogP) is 0.749. The van der Waals surface area contributed by atoms with Crippen LogP contribution in [0.2, 0.25) is 0 Å². The molecule has 1 aromatic heterocycles. The minimum absolute atomic E-state index is 0.742. The first-order chi connectivity index (χ1) is 6.13. The highest BCUT2D eigenvalue weighted by atomic mass is 32.2. The number of likely N-dealkylation sites (N-methyl/N-ethyl adjacent to an activating group) is 1. The fourth-order valence-corrected chi connectivity index (χ4v) is 1.40. The Morgan fingerprint density at radius 1 is 1.62 bits per heavy atom. The normalized spacial score (nSPS) is 11.1. The third kappa shape index (κ3) is 2.93. The zero-order chi connectivity index (χ0) is 9.84. The van der Waals surface area contributed by atoms with Crippen LogP contribution in [0.5, 0.6) is 0 Å². The van der Waals surface area contributed by atoms with Crippen LogP contribution >= 0.6 is 11.8 Å². The number of anilines is 1. The van der Waals surface area contributed by atoms with Crippen LogP contribution in [0.25, 0.3) is 0 Å². The smallest absolute Gasteiger partial charge is 0.122 e. The summed E-state index contributed by atoms with van der Waals surface area (Å²) in [6.45, 7) is 1.80. The molecular formula is C8H16N4S. The van der Waals surface area contributed by atoms with Crippen molar-refractivity contribution in [1.82, 2.24) is 14.7 Å². The SMILES string of the molecule is CSc1cc(N)n(CCN(C)C)n1. The Balaban J connectivity index is 2.60. The van der Waals surface area contributed by atoms with Crippen LogP contribution < -0.4 is 5.73 Å². The summed E-state index contributed by atoms with van der Waals surface area (Å²) in [5, 5.41) is 5.31. The van der Waals surface area contributed by atoms with Crippen LogP contribution in [0, 0.1) is 0 Å². The summed E-state index contributed by atoms with van der Waals surface area (Å²) in [5.41, 5.74) is 5.77. The van der Waals surface area contributed by atoms with Crippen molar-refractivity contribution >= 4 is 17.6 Å². The molecule has 0 aliphatic carbocycles. The number of hydrogen-bond acceptors (Lipinski definition) is 4. The van der Waals surface area contributed by atoms with Gasteiger partial charge in [0.15, 0.2) is 0 Å². The van der Waals surface area contributed by atoms with E-state index in [2.05, 4.69) is 10.00 Å². The van der Waals surface area contributed by atoms with Gasteiger partial charge < -0.3 is 10.6 Å². The van der Waals surface area contributed by atoms with Crippen LogP contribution in [-0.2, 0) is 6.54 Å². The second-order valence-electron chi connectivity index (χ2n) is 3.14. The van der Waals surface area contributed by atoms with Crippen molar-refractivity contribution in [3.8, 4) is 0 Å². The minimum Gasteiger partial charge on any atom is -0.384 e. The molecule has 0 radical (unpaired) electrons. The number of nitrogens with two attached hydrogens (primary N) is 1. The van der Waals surface area contributed by atoms with Crippen LogP contribution in [0.1, 0.15) is 0 Å². The van der Waals surface area contributed by atoms with Crippen LogP contribution in [0.3, 0.4) is 0 Å². The number of nitrogens with zero attached hydrogens (tertiary/aromatic N) is 3. The van der Waals surface area contributed by atoms with Gasteiger partial charge in [0, 0.05) is 12.6 Å². The van der Waals surface area contributed by atoms with E-state index < -0.39 is 0 Å². The molecular weight excluding hydrogens is 184 g/mol. The van der Waals surface area contributed by atoms with E-state index >= 15 is 0 Å². The quantitative estimate of drug-likeness (QED) is 0.729. The lowest BCUT2D eigenvalue weighted by Gasteiger charge is -2.09. The van der Waals surface area contributed by atoms with Crippen molar-refractivity contribution < 1.29 is 0 Å². The largest absolute Gasteiger partial charge is 0.384 e. The Bertz CT molecular complexity index is 269. The van der Waals surface area contributed by atoms with Crippen molar-refractivity contribution in [3.63, 3.8) is 0 Å². The molecule has 0 unspecified atom stereocenters. The Hall–Kier alpha value is -0.680. The zero-order valence-corrected chi connectivity index (χ0v) is 9.14. The second-order valence-corrected chi connectivity index (χ2v) is 3.96. The summed E-state index contributed by atoms with van der Waals surface area (Å²) in [5.74, 6) is 0.742. The maximum atomic E-state index is 5.77. The number of aromatic nitrogens is 2. The average Bonchev–Trinajstić information content (AvgIpc) is 2.43. The average molecular weight is 200 g/mol. The summed E-state index contributed by atoms with van der Waals surface area (Å²) < 4.78 is 1.84. The van der Waals surface area contributed by atoms with Gasteiger partial charge in [0.1, 0.15) is 10.8 Å². The molecule has 5 heteroatoms. The first-order valence-corrected chi connectivity index (χ1v) is 5.38. The van der Waals surface area contributed by atoms with Gasteiger partial charge in [-0.25, -0.2) is 4.68 Å². The summed E-state index contributed by atoms with van der Waals surface area (Å²) in [7, 11) is 4.07. The fourth-order valence-electron chi connectivity index (χ4n) is 0.980. The standard InChI is InChI=1S/C8H16N4S/c1-11(2)4-5-12-7(9)6-8(10-12)13-3/h6H,4-5,9H2,1-3H3. The molecule has 13 heavy (non-hydrogen) atoms. The van der Waals surface area contributed by atoms with Gasteiger partial charge in [0.2, 0.25) is 0 Å². The molecule has 0 bridgehead atoms. The van der Waals surface area contributed by atoms with E-state index in [1.54, 1.807) is 11.8 Å². The summed E-state index contributed by atoms with van der Waals surface area (Å²) >= 11 is 1.61. The molecule has 1 aromatic rings. The number of hydrogen-bond donors (Lipinski definition) is 1. The molecule has 0 atom stereocenters. The Labute approximate surface area is 83.1 Å². The van der Waals surface area contributed by atoms with Crippen molar-refractivity contribution in [2.75, 3.05) is 32.6 Å². The van der Waals surface area contributed by atoms with Crippen molar-refractivity contribution in [1.29, 1.82) is 0 Å². The molecule has 0 aromatic carbocycles. The highest BCUT2D eigenvalue weighted by Gasteiger charge is 2.03. The van der Waals surface area contributed by atoms with Gasteiger partial charge >= 0.3 is 0 Å². The molecule has 1 rings (SSSR count). The van der Waals surface area contributed by atoms with Crippen molar-refractivity contribution in [3.05, 3.63) is 6.07 Å². The summed E-state index contributed by atoms with van der Waals surface area (Å²) in [6, 6.07) is 1.90. The number of thioether (sulfide) groups is 1. The monoisotopic (exact) mass is 200 g/mol. The van der Waals surface area contributed by atoms with Crippen LogP contribution in [0.15, 0.2) is 11.1 Å². The van der Waals surface area contributed by atoms with Gasteiger partial charge in [0.25, 0.3) is 0 Å². The first-order valence-electron chi connectivity index (χ1n) is 4.15. The van der Waals surface area contributed by atoms with Crippen LogP contribution in [0.4, 0.5) is 5.82 Å². The van der Waals surface area contributed by atoms with E-state index in [0.29, 0.717) is 0 Å². The second kappa shape index (κ2) is 4.53. The van der Waals surface area contributed by atoms with E-state index in [4.69, 9.17) is 5.73 Å². The number of rotatable bonds is 4. The van der Waals surface area contributed by atoms with Gasteiger partial charge in [-0.1, -0.05) is 0 Å². The molecule has 0 aliphatic rings. The molecule has 0 saturated heterocycles. The van der Waals surface area contributed by atoms with E-state index in [1.807, 2.05) is 31.1 Å². The molecule has 74 valence electrons. The van der Waals surface area contributed by atoms with Crippen LogP contribution in [-0.4, -0.2) is 41.6 Å². The lowest BCUT2D eigenvalue weighted by Crippen LogP contribution is -2.19. The molecule has 0 fully saturated rings. The van der Waals surface area contributed by atoms with Gasteiger partial charge in [-0.3, -0.25) is 0 Å². The highest BCUT2D eigenvalue weighted by molar-refractivity contribution is 7.98. The van der Waals surface area contributed by atoms with Crippen molar-refractivity contribution in [2.45, 2.75) is 11.6 Å². The molecule has 0 spiro atoms. The molecule has 0 amide bonds. The predicted molar refractivity (Wildman–Crippen MR) is 57.0 cm³/mol.